The number of nitrogens with zero attached hydrogens (tertiary/aromatic N) is 2. The van der Waals surface area contributed by atoms with Gasteiger partial charge in [0, 0.05) is 31.1 Å². The molecule has 3 rings (SSSR count). The maximum Gasteiger partial charge on any atom is 0.387 e. The average molecular weight is 441 g/mol. The molecule has 1 amide bonds. The van der Waals surface area contributed by atoms with E-state index in [9.17, 15) is 18.7 Å². The first kappa shape index (κ1) is 22.2. The first-order valence-electron chi connectivity index (χ1n) is 9.65. The van der Waals surface area contributed by atoms with Crippen molar-refractivity contribution in [2.75, 3.05) is 24.7 Å². The minimum absolute atomic E-state index is 0.0905. The molecule has 0 aliphatic heterocycles. The Bertz CT molecular complexity index is 873. The van der Waals surface area contributed by atoms with E-state index in [-0.39, 0.29) is 30.2 Å². The molecule has 1 aliphatic rings. The number of benzene rings is 1. The molecule has 0 atom stereocenters. The summed E-state index contributed by atoms with van der Waals surface area (Å²) in [4.78, 5) is 18.8. The van der Waals surface area contributed by atoms with Crippen LogP contribution in [0.15, 0.2) is 30.6 Å². The number of aromatic nitrogens is 1. The summed E-state index contributed by atoms with van der Waals surface area (Å²) in [6.07, 6.45) is 5.41. The Morgan fingerprint density at radius 1 is 1.33 bits per heavy atom. The lowest BCUT2D eigenvalue weighted by Crippen LogP contribution is -2.33. The van der Waals surface area contributed by atoms with E-state index in [1.165, 1.54) is 29.3 Å². The molecule has 0 unspecified atom stereocenters. The fraction of sp³-hybridized carbons (Fsp3) is 0.429. The second kappa shape index (κ2) is 10.0. The number of amides is 1. The third-order valence-corrected chi connectivity index (χ3v) is 4.97. The monoisotopic (exact) mass is 440 g/mol. The maximum absolute atomic E-state index is 13.3. The van der Waals surface area contributed by atoms with Gasteiger partial charge in [-0.1, -0.05) is 11.6 Å². The Balaban J connectivity index is 1.93. The number of alkyl halides is 2. The molecule has 1 heterocycles. The third kappa shape index (κ3) is 5.58. The number of anilines is 1. The summed E-state index contributed by atoms with van der Waals surface area (Å²) in [7, 11) is 0. The van der Waals surface area contributed by atoms with Gasteiger partial charge in [0.1, 0.15) is 0 Å². The lowest BCUT2D eigenvalue weighted by atomic mass is 10.1. The molecule has 30 heavy (non-hydrogen) atoms. The Kier molecular flexibility index (Phi) is 7.44. The minimum Gasteiger partial charge on any atom is -0.489 e. The smallest absolute Gasteiger partial charge is 0.387 e. The van der Waals surface area contributed by atoms with Gasteiger partial charge in [-0.15, -0.1) is 0 Å². The van der Waals surface area contributed by atoms with E-state index in [1.54, 1.807) is 13.1 Å². The zero-order valence-electron chi connectivity index (χ0n) is 16.5. The summed E-state index contributed by atoms with van der Waals surface area (Å²) in [6.45, 7) is -0.748. The van der Waals surface area contributed by atoms with Crippen LogP contribution in [0.5, 0.6) is 11.5 Å². The number of pyridine rings is 1. The zero-order valence-corrected chi connectivity index (χ0v) is 17.2. The molecule has 2 aromatic rings. The van der Waals surface area contributed by atoms with Gasteiger partial charge in [0.25, 0.3) is 5.91 Å². The first-order valence-corrected chi connectivity index (χ1v) is 10.0. The van der Waals surface area contributed by atoms with E-state index >= 15 is 0 Å². The highest BCUT2D eigenvalue weighted by Gasteiger charge is 2.25. The number of carbonyl (C=O) groups excluding carboxylic acids is 1. The van der Waals surface area contributed by atoms with E-state index in [2.05, 4.69) is 9.72 Å². The van der Waals surface area contributed by atoms with Crippen molar-refractivity contribution >= 4 is 23.2 Å². The van der Waals surface area contributed by atoms with E-state index in [4.69, 9.17) is 16.3 Å². The van der Waals surface area contributed by atoms with Crippen molar-refractivity contribution < 1.29 is 28.2 Å². The number of aliphatic hydroxyl groups is 1. The number of hydrogen-bond acceptors (Lipinski definition) is 5. The van der Waals surface area contributed by atoms with Crippen molar-refractivity contribution in [1.29, 1.82) is 0 Å². The van der Waals surface area contributed by atoms with Crippen LogP contribution < -0.4 is 14.4 Å². The van der Waals surface area contributed by atoms with E-state index in [0.29, 0.717) is 35.2 Å². The van der Waals surface area contributed by atoms with Gasteiger partial charge in [-0.2, -0.15) is 8.78 Å². The van der Waals surface area contributed by atoms with Crippen LogP contribution in [-0.4, -0.2) is 42.4 Å². The van der Waals surface area contributed by atoms with Gasteiger partial charge in [0.05, 0.1) is 17.3 Å². The van der Waals surface area contributed by atoms with Gasteiger partial charge in [0.15, 0.2) is 11.5 Å². The average Bonchev–Trinajstić information content (AvgIpc) is 3.53. The van der Waals surface area contributed by atoms with Crippen LogP contribution in [0, 0.1) is 12.8 Å². The third-order valence-electron chi connectivity index (χ3n) is 4.69. The van der Waals surface area contributed by atoms with Crippen molar-refractivity contribution in [3.05, 3.63) is 46.7 Å². The van der Waals surface area contributed by atoms with Crippen molar-refractivity contribution in [2.45, 2.75) is 32.8 Å². The molecule has 0 radical (unpaired) electrons. The van der Waals surface area contributed by atoms with Crippen molar-refractivity contribution in [3.8, 4) is 11.5 Å². The fourth-order valence-electron chi connectivity index (χ4n) is 3.01. The zero-order chi connectivity index (χ0) is 21.7. The molecule has 1 N–H and O–H groups in total. The molecule has 1 aromatic carbocycles. The summed E-state index contributed by atoms with van der Waals surface area (Å²) in [5, 5.41) is 9.55. The summed E-state index contributed by atoms with van der Waals surface area (Å²) >= 11 is 6.29. The van der Waals surface area contributed by atoms with Gasteiger partial charge < -0.3 is 19.5 Å². The molecular weight excluding hydrogens is 418 g/mol. The summed E-state index contributed by atoms with van der Waals surface area (Å²) < 4.78 is 35.7. The van der Waals surface area contributed by atoms with Crippen molar-refractivity contribution in [3.63, 3.8) is 0 Å². The second-order valence-electron chi connectivity index (χ2n) is 7.12. The molecule has 9 heteroatoms. The molecule has 1 fully saturated rings. The van der Waals surface area contributed by atoms with E-state index in [0.717, 1.165) is 12.8 Å². The van der Waals surface area contributed by atoms with Crippen LogP contribution in [0.4, 0.5) is 14.5 Å². The minimum atomic E-state index is -3.01. The molecule has 6 nitrogen and oxygen atoms in total. The van der Waals surface area contributed by atoms with E-state index < -0.39 is 12.5 Å². The predicted octanol–water partition coefficient (Wildman–Crippen LogP) is 4.46. The number of aliphatic hydroxyl groups excluding tert-OH is 1. The molecule has 1 aromatic heterocycles. The van der Waals surface area contributed by atoms with Gasteiger partial charge in [-0.25, -0.2) is 0 Å². The van der Waals surface area contributed by atoms with Gasteiger partial charge in [0.2, 0.25) is 0 Å². The number of ether oxygens (including phenoxy) is 2. The molecule has 0 bridgehead atoms. The van der Waals surface area contributed by atoms with Crippen LogP contribution >= 0.6 is 11.6 Å². The van der Waals surface area contributed by atoms with E-state index in [1.807, 2.05) is 0 Å². The molecule has 0 saturated heterocycles. The summed E-state index contributed by atoms with van der Waals surface area (Å²) in [6, 6.07) is 4.10. The number of aryl methyl sites for hydroxylation is 1. The first-order chi connectivity index (χ1) is 14.4. The number of hydrogen-bond donors (Lipinski definition) is 1. The molecular formula is C21H23ClF2N2O4. The maximum atomic E-state index is 13.3. The van der Waals surface area contributed by atoms with Crippen LogP contribution in [0.1, 0.15) is 35.2 Å². The molecule has 162 valence electrons. The standard InChI is InChI=1S/C21H23ClF2N2O4/c1-13-10-25-11-16(22)19(13)26(7-2-8-27)20(28)15-5-6-17(30-21(23)24)18(9-15)29-12-14-3-4-14/h5-6,9-11,14,21,27H,2-4,7-8,12H2,1H3. The molecule has 1 saturated carbocycles. The Morgan fingerprint density at radius 3 is 2.73 bits per heavy atom. The topological polar surface area (TPSA) is 71.9 Å². The lowest BCUT2D eigenvalue weighted by molar-refractivity contribution is -0.0515. The number of rotatable bonds is 10. The summed E-state index contributed by atoms with van der Waals surface area (Å²) in [5.41, 5.74) is 1.41. The van der Waals surface area contributed by atoms with Gasteiger partial charge >= 0.3 is 6.61 Å². The molecule has 1 aliphatic carbocycles. The highest BCUT2D eigenvalue weighted by molar-refractivity contribution is 6.34. The van der Waals surface area contributed by atoms with Gasteiger partial charge in [-0.05, 0) is 55.9 Å². The molecule has 0 spiro atoms. The van der Waals surface area contributed by atoms with Crippen LogP contribution in [0.3, 0.4) is 0 Å². The quantitative estimate of drug-likeness (QED) is 0.590. The van der Waals surface area contributed by atoms with Crippen LogP contribution in [0.25, 0.3) is 0 Å². The Labute approximate surface area is 178 Å². The second-order valence-corrected chi connectivity index (χ2v) is 7.52. The Morgan fingerprint density at radius 2 is 2.10 bits per heavy atom. The van der Waals surface area contributed by atoms with Crippen molar-refractivity contribution in [2.24, 2.45) is 5.92 Å². The van der Waals surface area contributed by atoms with Crippen LogP contribution in [-0.2, 0) is 0 Å². The SMILES string of the molecule is Cc1cncc(Cl)c1N(CCCO)C(=O)c1ccc(OC(F)F)c(OCC2CC2)c1. The fourth-order valence-corrected chi connectivity index (χ4v) is 3.31. The van der Waals surface area contributed by atoms with Crippen molar-refractivity contribution in [1.82, 2.24) is 4.98 Å². The normalized spacial score (nSPS) is 13.4. The predicted molar refractivity (Wildman–Crippen MR) is 109 cm³/mol. The summed E-state index contributed by atoms with van der Waals surface area (Å²) in [5.74, 6) is -0.0439. The highest BCUT2D eigenvalue weighted by atomic mass is 35.5. The number of carbonyl (C=O) groups is 1. The highest BCUT2D eigenvalue weighted by Crippen LogP contribution is 2.35. The largest absolute Gasteiger partial charge is 0.489 e. The van der Waals surface area contributed by atoms with Crippen LogP contribution in [0.2, 0.25) is 5.02 Å². The number of halogens is 3. The lowest BCUT2D eigenvalue weighted by Gasteiger charge is -2.25. The van der Waals surface area contributed by atoms with Gasteiger partial charge in [-0.3, -0.25) is 9.78 Å². The Hall–Kier alpha value is -2.45.